The molecule has 0 unspecified atom stereocenters. The summed E-state index contributed by atoms with van der Waals surface area (Å²) < 4.78 is 4.80. The van der Waals surface area contributed by atoms with Gasteiger partial charge in [-0.15, -0.1) is 0 Å². The molecule has 3 heterocycles. The van der Waals surface area contributed by atoms with Crippen molar-refractivity contribution < 1.29 is 0 Å². The van der Waals surface area contributed by atoms with Gasteiger partial charge in [-0.1, -0.05) is 151 Å². The van der Waals surface area contributed by atoms with Gasteiger partial charge in [-0.05, 0) is 128 Å². The molecule has 0 N–H and O–H groups in total. The molecule has 12 rings (SSSR count). The Labute approximate surface area is 384 Å². The quantitative estimate of drug-likeness (QED) is 0.160. The molecule has 0 bridgehead atoms. The number of nitrogens with zero attached hydrogens (tertiary/aromatic N) is 4. The number of fused-ring (bicyclic) bond motifs is 6. The zero-order valence-electron chi connectivity index (χ0n) is 37.4. The summed E-state index contributed by atoms with van der Waals surface area (Å²) in [5.41, 5.74) is 21.8. The number of benzene rings is 9. The predicted octanol–water partition coefficient (Wildman–Crippen LogP) is 16.2. The molecule has 0 atom stereocenters. The molecule has 3 aromatic heterocycles. The van der Waals surface area contributed by atoms with Gasteiger partial charge in [-0.3, -0.25) is 0 Å². The molecular weight excluding hydrogens is 801 g/mol. The fourth-order valence-corrected chi connectivity index (χ4v) is 10.1. The second-order valence-electron chi connectivity index (χ2n) is 17.7. The molecule has 12 aromatic rings. The van der Waals surface area contributed by atoms with E-state index in [1.54, 1.807) is 0 Å². The van der Waals surface area contributed by atoms with Gasteiger partial charge in [0.15, 0.2) is 5.82 Å². The van der Waals surface area contributed by atoms with Crippen LogP contribution in [0.1, 0.15) is 22.3 Å². The van der Waals surface area contributed by atoms with Crippen LogP contribution in [0.5, 0.6) is 0 Å². The summed E-state index contributed by atoms with van der Waals surface area (Å²) in [5, 5.41) is 5.01. The van der Waals surface area contributed by atoms with Gasteiger partial charge in [0.05, 0.1) is 33.5 Å². The van der Waals surface area contributed by atoms with Gasteiger partial charge in [0, 0.05) is 49.6 Å². The van der Waals surface area contributed by atoms with E-state index >= 15 is 0 Å². The lowest BCUT2D eigenvalue weighted by Crippen LogP contribution is -1.97. The Kier molecular flexibility index (Phi) is 9.35. The highest BCUT2D eigenvalue weighted by atomic mass is 15.0. The van der Waals surface area contributed by atoms with Crippen molar-refractivity contribution in [1.29, 1.82) is 0 Å². The second-order valence-corrected chi connectivity index (χ2v) is 17.7. The highest BCUT2D eigenvalue weighted by molar-refractivity contribution is 6.12. The van der Waals surface area contributed by atoms with E-state index in [0.717, 1.165) is 45.3 Å². The van der Waals surface area contributed by atoms with Crippen LogP contribution in [0.3, 0.4) is 0 Å². The lowest BCUT2D eigenvalue weighted by molar-refractivity contribution is 1.17. The summed E-state index contributed by atoms with van der Waals surface area (Å²) in [4.78, 5) is 10.2. The average Bonchev–Trinajstić information content (AvgIpc) is 3.87. The molecule has 0 radical (unpaired) electrons. The van der Waals surface area contributed by atoms with Gasteiger partial charge in [-0.25, -0.2) is 9.97 Å². The summed E-state index contributed by atoms with van der Waals surface area (Å²) in [5.74, 6) is 0.728. The highest BCUT2D eigenvalue weighted by Crippen LogP contribution is 2.39. The molecule has 0 amide bonds. The van der Waals surface area contributed by atoms with Gasteiger partial charge in [0.1, 0.15) is 0 Å². The molecule has 4 heteroatoms. The topological polar surface area (TPSA) is 35.6 Å². The van der Waals surface area contributed by atoms with Gasteiger partial charge in [0.2, 0.25) is 0 Å². The van der Waals surface area contributed by atoms with Gasteiger partial charge in [0.25, 0.3) is 0 Å². The fourth-order valence-electron chi connectivity index (χ4n) is 10.1. The zero-order chi connectivity index (χ0) is 44.5. The largest absolute Gasteiger partial charge is 0.309 e. The summed E-state index contributed by atoms with van der Waals surface area (Å²) in [6, 6.07) is 74.8. The minimum atomic E-state index is 0.728. The van der Waals surface area contributed by atoms with Crippen molar-refractivity contribution >= 4 is 43.6 Å². The Morgan fingerprint density at radius 2 is 0.712 bits per heavy atom. The Bertz CT molecular complexity index is 3670. The molecule has 9 aromatic carbocycles. The number of rotatable bonds is 7. The highest BCUT2D eigenvalue weighted by Gasteiger charge is 2.18. The first-order valence-corrected chi connectivity index (χ1v) is 22.7. The molecule has 4 nitrogen and oxygen atoms in total. The van der Waals surface area contributed by atoms with Crippen LogP contribution in [0.15, 0.2) is 206 Å². The van der Waals surface area contributed by atoms with E-state index < -0.39 is 0 Å². The van der Waals surface area contributed by atoms with E-state index in [1.165, 1.54) is 88.1 Å². The summed E-state index contributed by atoms with van der Waals surface area (Å²) in [6.07, 6.45) is 0. The van der Waals surface area contributed by atoms with Crippen LogP contribution in [0.4, 0.5) is 0 Å². The maximum Gasteiger partial charge on any atom is 0.160 e. The van der Waals surface area contributed by atoms with Crippen LogP contribution >= 0.6 is 0 Å². The van der Waals surface area contributed by atoms with Crippen molar-refractivity contribution in [3.05, 3.63) is 229 Å². The third-order valence-electron chi connectivity index (χ3n) is 13.3. The standard InChI is InChI=1S/C62H46N4/c1-39-17-21-45(22-18-39)55-38-56(64-62(63-55)47-23-19-40(2)20-24-47)48-35-41(3)61(42(4)36-48)46-27-25-43(26-28-46)44-29-31-49(32-30-44)65-59-16-10-7-13-53(59)54-37-50(33-34-60(54)65)66-57-14-8-5-11-51(57)52-12-6-9-15-58(52)66/h5-38H,1-4H3. The molecule has 0 aliphatic carbocycles. The van der Waals surface area contributed by atoms with Crippen LogP contribution in [0.2, 0.25) is 0 Å². The molecule has 0 fully saturated rings. The first-order valence-electron chi connectivity index (χ1n) is 22.7. The van der Waals surface area contributed by atoms with Gasteiger partial charge >= 0.3 is 0 Å². The smallest absolute Gasteiger partial charge is 0.160 e. The van der Waals surface area contributed by atoms with Gasteiger partial charge < -0.3 is 9.13 Å². The molecule has 66 heavy (non-hydrogen) atoms. The van der Waals surface area contributed by atoms with E-state index in [9.17, 15) is 0 Å². The number of hydrogen-bond acceptors (Lipinski definition) is 2. The summed E-state index contributed by atoms with van der Waals surface area (Å²) in [6.45, 7) is 8.64. The van der Waals surface area contributed by atoms with Crippen molar-refractivity contribution in [2.24, 2.45) is 0 Å². The maximum atomic E-state index is 5.15. The lowest BCUT2D eigenvalue weighted by Gasteiger charge is -2.15. The Morgan fingerprint density at radius 3 is 1.27 bits per heavy atom. The van der Waals surface area contributed by atoms with E-state index in [1.807, 2.05) is 0 Å². The number of aryl methyl sites for hydroxylation is 4. The fraction of sp³-hybridized carbons (Fsp3) is 0.0645. The first kappa shape index (κ1) is 39.3. The van der Waals surface area contributed by atoms with Crippen molar-refractivity contribution in [2.45, 2.75) is 27.7 Å². The third-order valence-corrected chi connectivity index (χ3v) is 13.3. The Morgan fingerprint density at radius 1 is 0.303 bits per heavy atom. The minimum Gasteiger partial charge on any atom is -0.309 e. The van der Waals surface area contributed by atoms with Crippen LogP contribution in [-0.2, 0) is 0 Å². The number of hydrogen-bond donors (Lipinski definition) is 0. The average molecular weight is 847 g/mol. The van der Waals surface area contributed by atoms with Crippen LogP contribution in [0, 0.1) is 27.7 Å². The van der Waals surface area contributed by atoms with Crippen molar-refractivity contribution in [3.63, 3.8) is 0 Å². The zero-order valence-corrected chi connectivity index (χ0v) is 37.4. The van der Waals surface area contributed by atoms with Crippen LogP contribution in [0.25, 0.3) is 111 Å². The lowest BCUT2D eigenvalue weighted by atomic mass is 9.91. The Hall–Kier alpha value is -8.34. The number of aromatic nitrogens is 4. The predicted molar refractivity (Wildman–Crippen MR) is 277 cm³/mol. The molecule has 0 aliphatic rings. The van der Waals surface area contributed by atoms with E-state index in [0.29, 0.717) is 0 Å². The summed E-state index contributed by atoms with van der Waals surface area (Å²) in [7, 11) is 0. The first-order chi connectivity index (χ1) is 32.3. The third kappa shape index (κ3) is 6.69. The normalized spacial score (nSPS) is 11.6. The maximum absolute atomic E-state index is 5.15. The van der Waals surface area contributed by atoms with Crippen molar-refractivity contribution in [3.8, 4) is 67.5 Å². The molecule has 0 aliphatic heterocycles. The van der Waals surface area contributed by atoms with Crippen molar-refractivity contribution in [1.82, 2.24) is 19.1 Å². The van der Waals surface area contributed by atoms with E-state index in [2.05, 4.69) is 243 Å². The van der Waals surface area contributed by atoms with Gasteiger partial charge in [-0.2, -0.15) is 0 Å². The number of para-hydroxylation sites is 3. The SMILES string of the molecule is Cc1ccc(-c2cc(-c3cc(C)c(-c4ccc(-c5ccc(-n6c7ccccc7c7cc(-n8c9ccccc9c9ccccc98)ccc76)cc5)cc4)c(C)c3)nc(-c3ccc(C)cc3)n2)cc1. The minimum absolute atomic E-state index is 0.728. The molecule has 0 saturated heterocycles. The van der Waals surface area contributed by atoms with Crippen molar-refractivity contribution in [2.75, 3.05) is 0 Å². The molecule has 0 spiro atoms. The monoisotopic (exact) mass is 846 g/mol. The molecule has 0 saturated carbocycles. The van der Waals surface area contributed by atoms with E-state index in [4.69, 9.17) is 9.97 Å². The Balaban J connectivity index is 0.857. The van der Waals surface area contributed by atoms with E-state index in [-0.39, 0.29) is 0 Å². The van der Waals surface area contributed by atoms with Crippen LogP contribution in [-0.4, -0.2) is 19.1 Å². The molecular formula is C62H46N4. The second kappa shape index (κ2) is 15.7. The van der Waals surface area contributed by atoms with Crippen LogP contribution < -0.4 is 0 Å². The molecule has 314 valence electrons. The summed E-state index contributed by atoms with van der Waals surface area (Å²) >= 11 is 0.